The van der Waals surface area contributed by atoms with Crippen molar-refractivity contribution in [3.63, 3.8) is 0 Å². The highest BCUT2D eigenvalue weighted by molar-refractivity contribution is 5.85. The molecule has 4 nitrogen and oxygen atoms in total. The predicted octanol–water partition coefficient (Wildman–Crippen LogP) is 2.47. The highest BCUT2D eigenvalue weighted by atomic mass is 15.3. The summed E-state index contributed by atoms with van der Waals surface area (Å²) in [7, 11) is 4.54. The van der Waals surface area contributed by atoms with E-state index < -0.39 is 0 Å². The van der Waals surface area contributed by atoms with Gasteiger partial charge in [-0.25, -0.2) is 0 Å². The number of piperazine rings is 1. The lowest BCUT2D eigenvalue weighted by molar-refractivity contribution is 0.0968. The molecule has 0 amide bonds. The number of aryl methyl sites for hydroxylation is 1. The number of hydrogen-bond donors (Lipinski definition) is 1. The quantitative estimate of drug-likeness (QED) is 0.938. The van der Waals surface area contributed by atoms with Gasteiger partial charge in [0, 0.05) is 68.3 Å². The number of benzene rings is 1. The van der Waals surface area contributed by atoms with E-state index in [1.54, 1.807) is 0 Å². The van der Waals surface area contributed by atoms with Gasteiger partial charge < -0.3 is 14.8 Å². The Kier molecular flexibility index (Phi) is 4.37. The van der Waals surface area contributed by atoms with Gasteiger partial charge in [0.25, 0.3) is 0 Å². The molecule has 0 spiro atoms. The number of nitrogens with zero attached hydrogens (tertiary/aromatic N) is 3. The van der Waals surface area contributed by atoms with Crippen LogP contribution < -0.4 is 0 Å². The monoisotopic (exact) mass is 326 g/mol. The molecule has 2 aromatic rings. The minimum atomic E-state index is 0.704. The van der Waals surface area contributed by atoms with E-state index in [1.807, 2.05) is 0 Å². The first kappa shape index (κ1) is 16.1. The zero-order chi connectivity index (χ0) is 16.7. The Labute approximate surface area is 145 Å². The van der Waals surface area contributed by atoms with Gasteiger partial charge >= 0.3 is 0 Å². The second-order valence-corrected chi connectivity index (χ2v) is 7.84. The van der Waals surface area contributed by atoms with E-state index in [1.165, 1.54) is 66.9 Å². The van der Waals surface area contributed by atoms with Crippen molar-refractivity contribution < 1.29 is 0 Å². The molecule has 1 aromatic heterocycles. The van der Waals surface area contributed by atoms with Crippen molar-refractivity contribution in [2.45, 2.75) is 32.4 Å². The molecule has 130 valence electrons. The highest BCUT2D eigenvalue weighted by Crippen LogP contribution is 2.28. The van der Waals surface area contributed by atoms with E-state index >= 15 is 0 Å². The van der Waals surface area contributed by atoms with Crippen molar-refractivity contribution >= 4 is 10.9 Å². The molecule has 1 N–H and O–H groups in total. The van der Waals surface area contributed by atoms with Gasteiger partial charge in [0.2, 0.25) is 0 Å². The Morgan fingerprint density at radius 1 is 1.17 bits per heavy atom. The van der Waals surface area contributed by atoms with Gasteiger partial charge in [0.1, 0.15) is 0 Å². The van der Waals surface area contributed by atoms with E-state index in [2.05, 4.69) is 58.9 Å². The third kappa shape index (κ3) is 3.10. The van der Waals surface area contributed by atoms with Crippen molar-refractivity contribution in [1.82, 2.24) is 19.7 Å². The van der Waals surface area contributed by atoms with Gasteiger partial charge in [-0.1, -0.05) is 11.6 Å². The van der Waals surface area contributed by atoms with Gasteiger partial charge in [0.15, 0.2) is 0 Å². The number of hydrogen-bond acceptors (Lipinski definition) is 3. The Morgan fingerprint density at radius 3 is 2.92 bits per heavy atom. The third-order valence-electron chi connectivity index (χ3n) is 5.97. The largest absolute Gasteiger partial charge is 0.358 e. The van der Waals surface area contributed by atoms with E-state index in [9.17, 15) is 0 Å². The number of H-pyrrole nitrogens is 1. The van der Waals surface area contributed by atoms with Crippen molar-refractivity contribution in [2.75, 3.05) is 46.8 Å². The average molecular weight is 326 g/mol. The molecule has 1 saturated heterocycles. The summed E-state index contributed by atoms with van der Waals surface area (Å²) in [5.41, 5.74) is 5.66. The fourth-order valence-corrected chi connectivity index (χ4v) is 4.32. The molecule has 3 heterocycles. The summed E-state index contributed by atoms with van der Waals surface area (Å²) in [6.45, 7) is 9.30. The highest BCUT2D eigenvalue weighted by Gasteiger charge is 2.25. The Hall–Kier alpha value is -1.36. The summed E-state index contributed by atoms with van der Waals surface area (Å²) in [6.07, 6.45) is 2.43. The second kappa shape index (κ2) is 6.51. The molecule has 24 heavy (non-hydrogen) atoms. The van der Waals surface area contributed by atoms with Crippen LogP contribution in [0.25, 0.3) is 10.9 Å². The standard InChI is InChI=1S/C20H30N4/c1-15-4-5-19-17(12-15)18-14-24(9-7-20(18)21-19)8-6-16-13-22(2)10-11-23(16)3/h4-5,12,16,21H,6-11,13-14H2,1-3H3. The summed E-state index contributed by atoms with van der Waals surface area (Å²) >= 11 is 0. The van der Waals surface area contributed by atoms with Crippen LogP contribution in [0.4, 0.5) is 0 Å². The predicted molar refractivity (Wildman–Crippen MR) is 101 cm³/mol. The van der Waals surface area contributed by atoms with Crippen LogP contribution in [0.2, 0.25) is 0 Å². The van der Waals surface area contributed by atoms with E-state index in [0.29, 0.717) is 6.04 Å². The number of nitrogens with one attached hydrogen (secondary N) is 1. The Balaban J connectivity index is 1.44. The first-order valence-corrected chi connectivity index (χ1v) is 9.31. The van der Waals surface area contributed by atoms with Gasteiger partial charge in [0.05, 0.1) is 0 Å². The van der Waals surface area contributed by atoms with Crippen molar-refractivity contribution in [3.8, 4) is 0 Å². The normalized spacial score (nSPS) is 23.7. The van der Waals surface area contributed by atoms with Gasteiger partial charge in [-0.15, -0.1) is 0 Å². The summed E-state index contributed by atoms with van der Waals surface area (Å²) in [4.78, 5) is 11.3. The van der Waals surface area contributed by atoms with Crippen LogP contribution in [0.3, 0.4) is 0 Å². The maximum atomic E-state index is 3.64. The first-order chi connectivity index (χ1) is 11.6. The van der Waals surface area contributed by atoms with Gasteiger partial charge in [-0.3, -0.25) is 4.90 Å². The van der Waals surface area contributed by atoms with Crippen LogP contribution in [0.1, 0.15) is 23.2 Å². The maximum Gasteiger partial charge on any atom is 0.0459 e. The van der Waals surface area contributed by atoms with E-state index in [4.69, 9.17) is 0 Å². The average Bonchev–Trinajstić information content (AvgIpc) is 2.93. The SMILES string of the molecule is Cc1ccc2[nH]c3c(c2c1)CN(CCC1CN(C)CCN1C)CC3. The van der Waals surface area contributed by atoms with Crippen LogP contribution in [0.15, 0.2) is 18.2 Å². The summed E-state index contributed by atoms with van der Waals surface area (Å²) < 4.78 is 0. The molecule has 0 bridgehead atoms. The van der Waals surface area contributed by atoms with Crippen molar-refractivity contribution in [1.29, 1.82) is 0 Å². The molecular weight excluding hydrogens is 296 g/mol. The zero-order valence-corrected chi connectivity index (χ0v) is 15.3. The van der Waals surface area contributed by atoms with Crippen LogP contribution in [-0.4, -0.2) is 72.5 Å². The number of likely N-dealkylation sites (N-methyl/N-ethyl adjacent to an activating group) is 2. The second-order valence-electron chi connectivity index (χ2n) is 7.84. The molecule has 0 radical (unpaired) electrons. The zero-order valence-electron chi connectivity index (χ0n) is 15.3. The van der Waals surface area contributed by atoms with Crippen LogP contribution in [0.5, 0.6) is 0 Å². The molecule has 1 atom stereocenters. The molecule has 1 aromatic carbocycles. The molecule has 2 aliphatic heterocycles. The van der Waals surface area contributed by atoms with Crippen LogP contribution >= 0.6 is 0 Å². The van der Waals surface area contributed by atoms with E-state index in [-0.39, 0.29) is 0 Å². The molecule has 0 saturated carbocycles. The molecule has 2 aliphatic rings. The van der Waals surface area contributed by atoms with Crippen LogP contribution in [-0.2, 0) is 13.0 Å². The molecular formula is C20H30N4. The molecule has 0 aliphatic carbocycles. The Morgan fingerprint density at radius 2 is 2.04 bits per heavy atom. The smallest absolute Gasteiger partial charge is 0.0459 e. The van der Waals surface area contributed by atoms with Crippen molar-refractivity contribution in [3.05, 3.63) is 35.0 Å². The van der Waals surface area contributed by atoms with Gasteiger partial charge in [-0.2, -0.15) is 0 Å². The Bertz CT molecular complexity index is 720. The molecule has 4 rings (SSSR count). The summed E-state index contributed by atoms with van der Waals surface area (Å²) in [5, 5.41) is 1.43. The van der Waals surface area contributed by atoms with Crippen molar-refractivity contribution in [2.24, 2.45) is 0 Å². The topological polar surface area (TPSA) is 25.5 Å². The lowest BCUT2D eigenvalue weighted by Gasteiger charge is -2.39. The number of aromatic nitrogens is 1. The lowest BCUT2D eigenvalue weighted by Crippen LogP contribution is -2.51. The number of fused-ring (bicyclic) bond motifs is 3. The third-order valence-corrected chi connectivity index (χ3v) is 5.97. The fourth-order valence-electron chi connectivity index (χ4n) is 4.32. The summed E-state index contributed by atoms with van der Waals surface area (Å²) in [6, 6.07) is 7.49. The minimum Gasteiger partial charge on any atom is -0.358 e. The molecule has 4 heteroatoms. The van der Waals surface area contributed by atoms with E-state index in [0.717, 1.165) is 13.0 Å². The lowest BCUT2D eigenvalue weighted by atomic mass is 10.0. The summed E-state index contributed by atoms with van der Waals surface area (Å²) in [5.74, 6) is 0. The number of rotatable bonds is 3. The van der Waals surface area contributed by atoms with Crippen LogP contribution in [0, 0.1) is 6.92 Å². The molecule has 1 fully saturated rings. The first-order valence-electron chi connectivity index (χ1n) is 9.31. The fraction of sp³-hybridized carbons (Fsp3) is 0.600. The molecule has 1 unspecified atom stereocenters. The number of aromatic amines is 1. The van der Waals surface area contributed by atoms with Gasteiger partial charge in [-0.05, 0) is 45.1 Å². The maximum absolute atomic E-state index is 3.64. The minimum absolute atomic E-state index is 0.704.